The number of carbonyl (C=O) groups is 1. The Labute approximate surface area is 109 Å². The molecule has 0 aliphatic carbocycles. The quantitative estimate of drug-likeness (QED) is 0.850. The molecule has 0 spiro atoms. The van der Waals surface area contributed by atoms with Crippen LogP contribution in [0.2, 0.25) is 0 Å². The summed E-state index contributed by atoms with van der Waals surface area (Å²) in [6.45, 7) is 4.80. The lowest BCUT2D eigenvalue weighted by molar-refractivity contribution is 0.0671. The molecule has 1 N–H and O–H groups in total. The van der Waals surface area contributed by atoms with Crippen LogP contribution in [0.15, 0.2) is 10.7 Å². The summed E-state index contributed by atoms with van der Waals surface area (Å²) < 4.78 is 7.82. The van der Waals surface area contributed by atoms with Crippen molar-refractivity contribution >= 4 is 21.7 Å². The highest BCUT2D eigenvalue weighted by Crippen LogP contribution is 2.18. The SMILES string of the molecule is CCn1ncc(Br)c1C(=O)CC1COCCN1. The minimum absolute atomic E-state index is 0.0965. The molecule has 0 radical (unpaired) electrons. The van der Waals surface area contributed by atoms with E-state index in [1.807, 2.05) is 6.92 Å². The molecule has 1 fully saturated rings. The van der Waals surface area contributed by atoms with Crippen LogP contribution in [-0.2, 0) is 11.3 Å². The third-order valence-corrected chi connectivity index (χ3v) is 3.37. The second-order valence-electron chi connectivity index (χ2n) is 4.01. The maximum Gasteiger partial charge on any atom is 0.183 e. The van der Waals surface area contributed by atoms with Crippen molar-refractivity contribution in [2.75, 3.05) is 19.8 Å². The van der Waals surface area contributed by atoms with Crippen LogP contribution in [0.25, 0.3) is 0 Å². The van der Waals surface area contributed by atoms with Gasteiger partial charge in [-0.25, -0.2) is 0 Å². The predicted octanol–water partition coefficient (Wildman–Crippen LogP) is 1.23. The summed E-state index contributed by atoms with van der Waals surface area (Å²) in [5.41, 5.74) is 0.653. The van der Waals surface area contributed by atoms with Crippen LogP contribution in [0, 0.1) is 0 Å². The fraction of sp³-hybridized carbons (Fsp3) is 0.636. The third-order valence-electron chi connectivity index (χ3n) is 2.79. The number of halogens is 1. The predicted molar refractivity (Wildman–Crippen MR) is 67.2 cm³/mol. The fourth-order valence-electron chi connectivity index (χ4n) is 1.95. The average Bonchev–Trinajstić information content (AvgIpc) is 2.71. The summed E-state index contributed by atoms with van der Waals surface area (Å²) in [6, 6.07) is 0.114. The molecule has 1 aliphatic rings. The van der Waals surface area contributed by atoms with Gasteiger partial charge < -0.3 is 10.1 Å². The molecule has 0 bridgehead atoms. The highest BCUT2D eigenvalue weighted by molar-refractivity contribution is 9.10. The Hall–Kier alpha value is -0.720. The molecule has 6 heteroatoms. The van der Waals surface area contributed by atoms with Crippen molar-refractivity contribution in [1.29, 1.82) is 0 Å². The summed E-state index contributed by atoms with van der Waals surface area (Å²) >= 11 is 3.37. The van der Waals surface area contributed by atoms with Crippen LogP contribution in [0.3, 0.4) is 0 Å². The van der Waals surface area contributed by atoms with Gasteiger partial charge in [-0.3, -0.25) is 9.48 Å². The van der Waals surface area contributed by atoms with Crippen LogP contribution in [0.5, 0.6) is 0 Å². The summed E-state index contributed by atoms with van der Waals surface area (Å²) in [5.74, 6) is 0.0965. The molecule has 1 aromatic rings. The molecule has 17 heavy (non-hydrogen) atoms. The number of nitrogens with zero attached hydrogens (tertiary/aromatic N) is 2. The molecule has 0 saturated carbocycles. The molecule has 5 nitrogen and oxygen atoms in total. The molecule has 1 atom stereocenters. The van der Waals surface area contributed by atoms with E-state index in [1.54, 1.807) is 10.9 Å². The number of Topliss-reactive ketones (excluding diaryl/α,β-unsaturated/α-hetero) is 1. The zero-order valence-corrected chi connectivity index (χ0v) is 11.4. The minimum Gasteiger partial charge on any atom is -0.378 e. The summed E-state index contributed by atoms with van der Waals surface area (Å²) in [6.07, 6.45) is 2.12. The molecule has 1 aliphatic heterocycles. The number of aromatic nitrogens is 2. The van der Waals surface area contributed by atoms with Crippen LogP contribution in [-0.4, -0.2) is 41.4 Å². The van der Waals surface area contributed by atoms with E-state index in [0.717, 1.165) is 17.6 Å². The Balaban J connectivity index is 2.05. The van der Waals surface area contributed by atoms with Crippen molar-refractivity contribution in [2.24, 2.45) is 0 Å². The summed E-state index contributed by atoms with van der Waals surface area (Å²) in [7, 11) is 0. The molecule has 1 unspecified atom stereocenters. The van der Waals surface area contributed by atoms with Gasteiger partial charge in [0.05, 0.1) is 23.9 Å². The standard InChI is InChI=1S/C11H16BrN3O2/c1-2-15-11(9(12)6-14-15)10(16)5-8-7-17-4-3-13-8/h6,8,13H,2-5,7H2,1H3. The van der Waals surface area contributed by atoms with Gasteiger partial charge in [-0.2, -0.15) is 5.10 Å². The van der Waals surface area contributed by atoms with Crippen molar-refractivity contribution in [1.82, 2.24) is 15.1 Å². The lowest BCUT2D eigenvalue weighted by Crippen LogP contribution is -2.42. The minimum atomic E-state index is 0.0965. The molecule has 2 rings (SSSR count). The van der Waals surface area contributed by atoms with Crippen molar-refractivity contribution in [3.63, 3.8) is 0 Å². The second-order valence-corrected chi connectivity index (χ2v) is 4.86. The highest BCUT2D eigenvalue weighted by atomic mass is 79.9. The van der Waals surface area contributed by atoms with Gasteiger partial charge in [0.2, 0.25) is 0 Å². The van der Waals surface area contributed by atoms with Gasteiger partial charge in [0, 0.05) is 25.6 Å². The second kappa shape index (κ2) is 5.75. The van der Waals surface area contributed by atoms with Gasteiger partial charge in [0.25, 0.3) is 0 Å². The zero-order valence-electron chi connectivity index (χ0n) is 9.78. The van der Waals surface area contributed by atoms with E-state index in [-0.39, 0.29) is 11.8 Å². The molecular weight excluding hydrogens is 286 g/mol. The largest absolute Gasteiger partial charge is 0.378 e. The first-order valence-corrected chi connectivity index (χ1v) is 6.57. The Kier molecular flexibility index (Phi) is 4.31. The summed E-state index contributed by atoms with van der Waals surface area (Å²) in [5, 5.41) is 7.42. The first kappa shape index (κ1) is 12.7. The van der Waals surface area contributed by atoms with Crippen molar-refractivity contribution in [3.05, 3.63) is 16.4 Å². The van der Waals surface area contributed by atoms with Crippen LogP contribution in [0.1, 0.15) is 23.8 Å². The molecular formula is C11H16BrN3O2. The summed E-state index contributed by atoms with van der Waals surface area (Å²) in [4.78, 5) is 12.2. The topological polar surface area (TPSA) is 56.2 Å². The molecule has 0 aromatic carbocycles. The van der Waals surface area contributed by atoms with Crippen molar-refractivity contribution in [3.8, 4) is 0 Å². The Morgan fingerprint density at radius 3 is 3.24 bits per heavy atom. The maximum absolute atomic E-state index is 12.2. The van der Waals surface area contributed by atoms with Gasteiger partial charge in [-0.05, 0) is 22.9 Å². The number of hydrogen-bond acceptors (Lipinski definition) is 4. The number of ketones is 1. The molecule has 1 saturated heterocycles. The van der Waals surface area contributed by atoms with E-state index in [1.165, 1.54) is 0 Å². The van der Waals surface area contributed by atoms with Crippen molar-refractivity contribution < 1.29 is 9.53 Å². The average molecular weight is 302 g/mol. The van der Waals surface area contributed by atoms with Gasteiger partial charge in [-0.1, -0.05) is 0 Å². The van der Waals surface area contributed by atoms with Gasteiger partial charge in [0.1, 0.15) is 5.69 Å². The maximum atomic E-state index is 12.2. The number of ether oxygens (including phenoxy) is 1. The van der Waals surface area contributed by atoms with E-state index in [4.69, 9.17) is 4.74 Å². The highest BCUT2D eigenvalue weighted by Gasteiger charge is 2.22. The van der Waals surface area contributed by atoms with Crippen LogP contribution >= 0.6 is 15.9 Å². The van der Waals surface area contributed by atoms with E-state index in [0.29, 0.717) is 25.3 Å². The van der Waals surface area contributed by atoms with E-state index in [9.17, 15) is 4.79 Å². The fourth-order valence-corrected chi connectivity index (χ4v) is 2.47. The molecule has 94 valence electrons. The van der Waals surface area contributed by atoms with Crippen LogP contribution in [0.4, 0.5) is 0 Å². The van der Waals surface area contributed by atoms with E-state index >= 15 is 0 Å². The number of rotatable bonds is 4. The number of carbonyl (C=O) groups excluding carboxylic acids is 1. The Morgan fingerprint density at radius 1 is 1.76 bits per heavy atom. The number of aryl methyl sites for hydroxylation is 1. The first-order valence-electron chi connectivity index (χ1n) is 5.78. The van der Waals surface area contributed by atoms with Gasteiger partial charge in [0.15, 0.2) is 5.78 Å². The lowest BCUT2D eigenvalue weighted by Gasteiger charge is -2.23. The first-order chi connectivity index (χ1) is 8.22. The zero-order chi connectivity index (χ0) is 12.3. The normalized spacial score (nSPS) is 20.5. The van der Waals surface area contributed by atoms with E-state index in [2.05, 4.69) is 26.3 Å². The lowest BCUT2D eigenvalue weighted by atomic mass is 10.1. The Bertz CT molecular complexity index is 399. The third kappa shape index (κ3) is 2.94. The van der Waals surface area contributed by atoms with E-state index < -0.39 is 0 Å². The molecule has 0 amide bonds. The van der Waals surface area contributed by atoms with Gasteiger partial charge >= 0.3 is 0 Å². The number of morpholine rings is 1. The van der Waals surface area contributed by atoms with Gasteiger partial charge in [-0.15, -0.1) is 0 Å². The van der Waals surface area contributed by atoms with Crippen LogP contribution < -0.4 is 5.32 Å². The number of hydrogen-bond donors (Lipinski definition) is 1. The number of nitrogens with one attached hydrogen (secondary N) is 1. The smallest absolute Gasteiger partial charge is 0.183 e. The molecule has 2 heterocycles. The monoisotopic (exact) mass is 301 g/mol. The van der Waals surface area contributed by atoms with Crippen molar-refractivity contribution in [2.45, 2.75) is 25.9 Å². The Morgan fingerprint density at radius 2 is 2.59 bits per heavy atom. The molecule has 1 aromatic heterocycles.